The SMILES string of the molecule is CC1C(C(=O)O)CCN1C(=O)c1ccccc1Nc1ccccc1. The first-order valence-corrected chi connectivity index (χ1v) is 8.03. The van der Waals surface area contributed by atoms with Crippen LogP contribution >= 0.6 is 0 Å². The molecule has 1 fully saturated rings. The van der Waals surface area contributed by atoms with Gasteiger partial charge in [0.1, 0.15) is 0 Å². The van der Waals surface area contributed by atoms with Crippen molar-refractivity contribution in [3.05, 3.63) is 60.2 Å². The highest BCUT2D eigenvalue weighted by molar-refractivity contribution is 6.01. The first-order valence-electron chi connectivity index (χ1n) is 8.03. The van der Waals surface area contributed by atoms with Crippen LogP contribution in [0.4, 0.5) is 11.4 Å². The zero-order chi connectivity index (χ0) is 17.1. The summed E-state index contributed by atoms with van der Waals surface area (Å²) in [4.78, 5) is 25.9. The normalized spacial score (nSPS) is 20.0. The van der Waals surface area contributed by atoms with Crippen LogP contribution in [-0.4, -0.2) is 34.5 Å². The highest BCUT2D eigenvalue weighted by atomic mass is 16.4. The van der Waals surface area contributed by atoms with Crippen molar-refractivity contribution in [3.63, 3.8) is 0 Å². The minimum absolute atomic E-state index is 0.134. The molecule has 3 rings (SSSR count). The molecule has 1 amide bonds. The minimum atomic E-state index is -0.839. The van der Waals surface area contributed by atoms with Crippen LogP contribution in [0.1, 0.15) is 23.7 Å². The standard InChI is InChI=1S/C19H20N2O3/c1-13-15(19(23)24)11-12-21(13)18(22)16-9-5-6-10-17(16)20-14-7-3-2-4-8-14/h2-10,13,15,20H,11-12H2,1H3,(H,23,24). The molecule has 124 valence electrons. The number of carbonyl (C=O) groups is 2. The zero-order valence-corrected chi connectivity index (χ0v) is 13.5. The number of hydrogen-bond donors (Lipinski definition) is 2. The number of benzene rings is 2. The Morgan fingerprint density at radius 2 is 1.75 bits per heavy atom. The van der Waals surface area contributed by atoms with Crippen LogP contribution in [0.15, 0.2) is 54.6 Å². The van der Waals surface area contributed by atoms with Gasteiger partial charge in [-0.1, -0.05) is 30.3 Å². The molecule has 5 nitrogen and oxygen atoms in total. The second kappa shape index (κ2) is 6.74. The monoisotopic (exact) mass is 324 g/mol. The van der Waals surface area contributed by atoms with E-state index in [0.29, 0.717) is 18.5 Å². The Kier molecular flexibility index (Phi) is 4.51. The lowest BCUT2D eigenvalue weighted by Gasteiger charge is -2.24. The summed E-state index contributed by atoms with van der Waals surface area (Å²) in [5.41, 5.74) is 2.18. The van der Waals surface area contributed by atoms with Crippen molar-refractivity contribution in [2.45, 2.75) is 19.4 Å². The maximum Gasteiger partial charge on any atom is 0.308 e. The van der Waals surface area contributed by atoms with Gasteiger partial charge in [-0.3, -0.25) is 9.59 Å². The molecule has 0 radical (unpaired) electrons. The molecule has 1 aliphatic heterocycles. The topological polar surface area (TPSA) is 69.6 Å². The van der Waals surface area contributed by atoms with Crippen molar-refractivity contribution in [1.29, 1.82) is 0 Å². The van der Waals surface area contributed by atoms with E-state index in [4.69, 9.17) is 0 Å². The summed E-state index contributed by atoms with van der Waals surface area (Å²) >= 11 is 0. The molecule has 1 saturated heterocycles. The largest absolute Gasteiger partial charge is 0.481 e. The second-order valence-electron chi connectivity index (χ2n) is 6.01. The van der Waals surface area contributed by atoms with Gasteiger partial charge in [-0.25, -0.2) is 0 Å². The molecule has 0 bridgehead atoms. The second-order valence-corrected chi connectivity index (χ2v) is 6.01. The number of aliphatic carboxylic acids is 1. The van der Waals surface area contributed by atoms with E-state index < -0.39 is 11.9 Å². The summed E-state index contributed by atoms with van der Waals surface area (Å²) in [6, 6.07) is 16.7. The molecular weight excluding hydrogens is 304 g/mol. The number of amides is 1. The van der Waals surface area contributed by atoms with Gasteiger partial charge in [-0.05, 0) is 37.6 Å². The van der Waals surface area contributed by atoms with Crippen LogP contribution in [0.3, 0.4) is 0 Å². The maximum atomic E-state index is 12.9. The predicted octanol–water partition coefficient (Wildman–Crippen LogP) is 3.37. The lowest BCUT2D eigenvalue weighted by molar-refractivity contribution is -0.142. The molecule has 1 aliphatic rings. The first kappa shape index (κ1) is 16.1. The van der Waals surface area contributed by atoms with Crippen LogP contribution < -0.4 is 5.32 Å². The Morgan fingerprint density at radius 3 is 2.42 bits per heavy atom. The Hall–Kier alpha value is -2.82. The van der Waals surface area contributed by atoms with Crippen LogP contribution in [0.25, 0.3) is 0 Å². The van der Waals surface area contributed by atoms with E-state index >= 15 is 0 Å². The van der Waals surface area contributed by atoms with E-state index in [1.807, 2.05) is 48.5 Å². The Labute approximate surface area is 140 Å². The number of para-hydroxylation sites is 2. The molecule has 1 heterocycles. The lowest BCUT2D eigenvalue weighted by atomic mass is 10.0. The van der Waals surface area contributed by atoms with Gasteiger partial charge in [0, 0.05) is 18.3 Å². The maximum absolute atomic E-state index is 12.9. The zero-order valence-electron chi connectivity index (χ0n) is 13.5. The smallest absolute Gasteiger partial charge is 0.308 e. The lowest BCUT2D eigenvalue weighted by Crippen LogP contribution is -2.37. The minimum Gasteiger partial charge on any atom is -0.481 e. The molecule has 2 aromatic carbocycles. The Balaban J connectivity index is 1.85. The molecule has 24 heavy (non-hydrogen) atoms. The molecular formula is C19H20N2O3. The fourth-order valence-electron chi connectivity index (χ4n) is 3.17. The van der Waals surface area contributed by atoms with Crippen molar-refractivity contribution >= 4 is 23.3 Å². The summed E-state index contributed by atoms with van der Waals surface area (Å²) in [6.45, 7) is 2.27. The number of rotatable bonds is 4. The highest BCUT2D eigenvalue weighted by Gasteiger charge is 2.38. The van der Waals surface area contributed by atoms with Gasteiger partial charge in [0.2, 0.25) is 0 Å². The Bertz CT molecular complexity index is 745. The van der Waals surface area contributed by atoms with Gasteiger partial charge >= 0.3 is 5.97 Å². The van der Waals surface area contributed by atoms with Gasteiger partial charge in [0.05, 0.1) is 17.2 Å². The fourth-order valence-corrected chi connectivity index (χ4v) is 3.17. The van der Waals surface area contributed by atoms with Gasteiger partial charge in [-0.2, -0.15) is 0 Å². The molecule has 2 unspecified atom stereocenters. The molecule has 2 N–H and O–H groups in total. The predicted molar refractivity (Wildman–Crippen MR) is 92.4 cm³/mol. The molecule has 2 atom stereocenters. The molecule has 0 aliphatic carbocycles. The van der Waals surface area contributed by atoms with E-state index in [0.717, 1.165) is 11.4 Å². The third kappa shape index (κ3) is 3.11. The van der Waals surface area contributed by atoms with Crippen molar-refractivity contribution in [3.8, 4) is 0 Å². The number of nitrogens with zero attached hydrogens (tertiary/aromatic N) is 1. The van der Waals surface area contributed by atoms with Gasteiger partial charge in [0.15, 0.2) is 0 Å². The quantitative estimate of drug-likeness (QED) is 0.905. The summed E-state index contributed by atoms with van der Waals surface area (Å²) < 4.78 is 0. The van der Waals surface area contributed by atoms with E-state index in [-0.39, 0.29) is 11.9 Å². The number of carboxylic acid groups (broad SMARTS) is 1. The molecule has 0 saturated carbocycles. The fraction of sp³-hybridized carbons (Fsp3) is 0.263. The molecule has 0 aromatic heterocycles. The number of nitrogens with one attached hydrogen (secondary N) is 1. The third-order valence-electron chi connectivity index (χ3n) is 4.54. The molecule has 2 aromatic rings. The van der Waals surface area contributed by atoms with E-state index in [9.17, 15) is 14.7 Å². The first-order chi connectivity index (χ1) is 11.6. The average molecular weight is 324 g/mol. The summed E-state index contributed by atoms with van der Waals surface area (Å²) in [5.74, 6) is -1.47. The summed E-state index contributed by atoms with van der Waals surface area (Å²) in [7, 11) is 0. The Morgan fingerprint density at radius 1 is 1.08 bits per heavy atom. The van der Waals surface area contributed by atoms with E-state index in [2.05, 4.69) is 5.32 Å². The van der Waals surface area contributed by atoms with Gasteiger partial charge in [-0.15, -0.1) is 0 Å². The van der Waals surface area contributed by atoms with E-state index in [1.54, 1.807) is 17.9 Å². The van der Waals surface area contributed by atoms with Crippen LogP contribution in [0.2, 0.25) is 0 Å². The van der Waals surface area contributed by atoms with Crippen molar-refractivity contribution in [2.75, 3.05) is 11.9 Å². The van der Waals surface area contributed by atoms with E-state index in [1.165, 1.54) is 0 Å². The van der Waals surface area contributed by atoms with Crippen LogP contribution in [0.5, 0.6) is 0 Å². The summed E-state index contributed by atoms with van der Waals surface area (Å²) in [5, 5.41) is 12.5. The van der Waals surface area contributed by atoms with Crippen LogP contribution in [0, 0.1) is 5.92 Å². The number of hydrogen-bond acceptors (Lipinski definition) is 3. The molecule has 0 spiro atoms. The average Bonchev–Trinajstić information content (AvgIpc) is 2.97. The highest BCUT2D eigenvalue weighted by Crippen LogP contribution is 2.29. The summed E-state index contributed by atoms with van der Waals surface area (Å²) in [6.07, 6.45) is 0.497. The van der Waals surface area contributed by atoms with Crippen molar-refractivity contribution in [1.82, 2.24) is 4.90 Å². The van der Waals surface area contributed by atoms with Gasteiger partial charge < -0.3 is 15.3 Å². The number of carboxylic acids is 1. The van der Waals surface area contributed by atoms with Crippen molar-refractivity contribution < 1.29 is 14.7 Å². The van der Waals surface area contributed by atoms with Crippen molar-refractivity contribution in [2.24, 2.45) is 5.92 Å². The number of likely N-dealkylation sites (tertiary alicyclic amines) is 1. The number of carbonyl (C=O) groups excluding carboxylic acids is 1. The van der Waals surface area contributed by atoms with Gasteiger partial charge in [0.25, 0.3) is 5.91 Å². The number of anilines is 2. The third-order valence-corrected chi connectivity index (χ3v) is 4.54. The molecule has 5 heteroatoms. The van der Waals surface area contributed by atoms with Crippen LogP contribution in [-0.2, 0) is 4.79 Å².